The van der Waals surface area contributed by atoms with Crippen LogP contribution in [0.4, 0.5) is 0 Å². The van der Waals surface area contributed by atoms with Gasteiger partial charge in [-0.05, 0) is 61.6 Å². The van der Waals surface area contributed by atoms with Gasteiger partial charge in [0.2, 0.25) is 0 Å². The fourth-order valence-corrected chi connectivity index (χ4v) is 3.55. The molecule has 0 fully saturated rings. The number of allylic oxidation sites excluding steroid dienone is 6. The lowest BCUT2D eigenvalue weighted by Gasteiger charge is -2.09. The van der Waals surface area contributed by atoms with Crippen LogP contribution in [0.2, 0.25) is 0 Å². The average Bonchev–Trinajstić information content (AvgIpc) is 3.22. The maximum Gasteiger partial charge on any atom is 0.269 e. The summed E-state index contributed by atoms with van der Waals surface area (Å²) in [5, 5.41) is 10.1. The van der Waals surface area contributed by atoms with Crippen LogP contribution in [0.5, 0.6) is 0 Å². The van der Waals surface area contributed by atoms with Gasteiger partial charge in [0, 0.05) is 30.2 Å². The summed E-state index contributed by atoms with van der Waals surface area (Å²) >= 11 is 0. The number of hydrogen-bond donors (Lipinski definition) is 2. The second-order valence-corrected chi connectivity index (χ2v) is 7.59. The van der Waals surface area contributed by atoms with E-state index < -0.39 is 0 Å². The molecule has 0 aromatic carbocycles. The number of pyridine rings is 2. The van der Waals surface area contributed by atoms with Crippen molar-refractivity contribution in [2.75, 3.05) is 0 Å². The number of aromatic nitrogens is 4. The van der Waals surface area contributed by atoms with E-state index in [1.807, 2.05) is 50.3 Å². The number of carbonyl (C=O) groups is 1. The number of carbonyl (C=O) groups excluding carboxylic acids is 1. The Labute approximate surface area is 181 Å². The molecule has 1 amide bonds. The zero-order chi connectivity index (χ0) is 21.6. The molecule has 0 atom stereocenters. The minimum Gasteiger partial charge on any atom is -0.347 e. The lowest BCUT2D eigenvalue weighted by molar-refractivity contribution is 0.0946. The molecule has 4 rings (SSSR count). The van der Waals surface area contributed by atoms with Crippen molar-refractivity contribution in [3.63, 3.8) is 0 Å². The third-order valence-electron chi connectivity index (χ3n) is 5.15. The number of aryl methyl sites for hydroxylation is 2. The van der Waals surface area contributed by atoms with Gasteiger partial charge in [-0.2, -0.15) is 5.10 Å². The van der Waals surface area contributed by atoms with Crippen molar-refractivity contribution in [1.29, 1.82) is 0 Å². The Kier molecular flexibility index (Phi) is 6.17. The van der Waals surface area contributed by atoms with Crippen molar-refractivity contribution in [3.05, 3.63) is 95.2 Å². The van der Waals surface area contributed by atoms with Crippen LogP contribution in [0, 0.1) is 13.8 Å². The highest BCUT2D eigenvalue weighted by atomic mass is 16.1. The Morgan fingerprint density at radius 1 is 1.13 bits per heavy atom. The zero-order valence-corrected chi connectivity index (χ0v) is 17.7. The first kappa shape index (κ1) is 20.5. The molecule has 0 spiro atoms. The van der Waals surface area contributed by atoms with E-state index in [0.29, 0.717) is 12.2 Å². The van der Waals surface area contributed by atoms with Crippen LogP contribution in [0.15, 0.2) is 67.0 Å². The minimum atomic E-state index is -0.188. The van der Waals surface area contributed by atoms with Crippen molar-refractivity contribution in [3.8, 4) is 11.3 Å². The second kappa shape index (κ2) is 9.34. The Hall–Kier alpha value is -3.80. The molecule has 6 heteroatoms. The lowest BCUT2D eigenvalue weighted by Crippen LogP contribution is -2.23. The smallest absolute Gasteiger partial charge is 0.269 e. The topological polar surface area (TPSA) is 83.6 Å². The predicted octanol–water partition coefficient (Wildman–Crippen LogP) is 4.70. The Balaban J connectivity index is 1.41. The fourth-order valence-electron chi connectivity index (χ4n) is 3.55. The molecule has 0 saturated carbocycles. The summed E-state index contributed by atoms with van der Waals surface area (Å²) in [6, 6.07) is 7.83. The summed E-state index contributed by atoms with van der Waals surface area (Å²) in [7, 11) is 0. The number of rotatable bonds is 5. The van der Waals surface area contributed by atoms with Gasteiger partial charge >= 0.3 is 0 Å². The molecule has 6 nitrogen and oxygen atoms in total. The number of nitrogens with zero attached hydrogens (tertiary/aromatic N) is 3. The fraction of sp³-hybridized carbons (Fsp3) is 0.200. The monoisotopic (exact) mass is 411 g/mol. The Bertz CT molecular complexity index is 1190. The molecular weight excluding hydrogens is 386 g/mol. The Morgan fingerprint density at radius 2 is 2.03 bits per heavy atom. The maximum absolute atomic E-state index is 12.6. The molecule has 0 radical (unpaired) electrons. The van der Waals surface area contributed by atoms with E-state index in [1.165, 1.54) is 0 Å². The summed E-state index contributed by atoms with van der Waals surface area (Å²) < 4.78 is 0. The van der Waals surface area contributed by atoms with Gasteiger partial charge in [0.05, 0.1) is 11.4 Å². The highest BCUT2D eigenvalue weighted by Crippen LogP contribution is 2.22. The first-order valence-corrected chi connectivity index (χ1v) is 10.3. The van der Waals surface area contributed by atoms with Gasteiger partial charge in [-0.1, -0.05) is 36.4 Å². The van der Waals surface area contributed by atoms with Crippen molar-refractivity contribution in [1.82, 2.24) is 25.5 Å². The van der Waals surface area contributed by atoms with Crippen LogP contribution < -0.4 is 5.32 Å². The first-order valence-electron chi connectivity index (χ1n) is 10.3. The van der Waals surface area contributed by atoms with Crippen LogP contribution in [0.1, 0.15) is 45.8 Å². The third kappa shape index (κ3) is 5.04. The molecular formula is C25H25N5O. The lowest BCUT2D eigenvalue weighted by atomic mass is 10.0. The highest BCUT2D eigenvalue weighted by Gasteiger charge is 2.13. The van der Waals surface area contributed by atoms with E-state index >= 15 is 0 Å². The molecule has 3 aromatic heterocycles. The van der Waals surface area contributed by atoms with E-state index in [4.69, 9.17) is 0 Å². The van der Waals surface area contributed by atoms with Gasteiger partial charge in [-0.15, -0.1) is 0 Å². The number of amides is 1. The Morgan fingerprint density at radius 3 is 2.87 bits per heavy atom. The van der Waals surface area contributed by atoms with Gasteiger partial charge < -0.3 is 5.32 Å². The van der Waals surface area contributed by atoms with Crippen molar-refractivity contribution in [2.24, 2.45) is 0 Å². The maximum atomic E-state index is 12.6. The molecule has 3 aromatic rings. The highest BCUT2D eigenvalue weighted by molar-refractivity contribution is 5.93. The SMILES string of the molecule is Cc1cc(-c2ncc(CNC(=O)c3cc(/C4=C/C=C\C=C/CC4)n[nH]3)cc2C)ccn1. The van der Waals surface area contributed by atoms with Crippen LogP contribution in [-0.2, 0) is 6.54 Å². The molecule has 31 heavy (non-hydrogen) atoms. The standard InChI is InChI=1S/C25H25N5O/c1-17-12-19(15-27-24(17)21-10-11-26-18(2)13-21)16-28-25(31)23-14-22(29-30-23)20-8-6-4-3-5-7-9-20/h3-6,8,10-15H,7,9,16H2,1-2H3,(H,28,31)(H,29,30)/b5-3-,6-4-,20-8+. The molecule has 0 aliphatic heterocycles. The van der Waals surface area contributed by atoms with Crippen LogP contribution in [0.3, 0.4) is 0 Å². The normalized spacial score (nSPS) is 17.2. The van der Waals surface area contributed by atoms with Gasteiger partial charge in [0.15, 0.2) is 0 Å². The van der Waals surface area contributed by atoms with E-state index in [1.54, 1.807) is 18.5 Å². The third-order valence-corrected chi connectivity index (χ3v) is 5.15. The molecule has 1 aliphatic rings. The zero-order valence-electron chi connectivity index (χ0n) is 17.7. The molecule has 1 aliphatic carbocycles. The van der Waals surface area contributed by atoms with Crippen LogP contribution >= 0.6 is 0 Å². The molecule has 0 bridgehead atoms. The summed E-state index contributed by atoms with van der Waals surface area (Å²) in [6.07, 6.45) is 15.6. The quantitative estimate of drug-likeness (QED) is 0.637. The minimum absolute atomic E-state index is 0.188. The molecule has 0 unspecified atom stereocenters. The number of nitrogens with one attached hydrogen (secondary N) is 2. The van der Waals surface area contributed by atoms with E-state index in [-0.39, 0.29) is 5.91 Å². The largest absolute Gasteiger partial charge is 0.347 e. The first-order chi connectivity index (χ1) is 15.1. The van der Waals surface area contributed by atoms with E-state index in [2.05, 4.69) is 37.6 Å². The average molecular weight is 412 g/mol. The van der Waals surface area contributed by atoms with Gasteiger partial charge in [-0.25, -0.2) is 0 Å². The van der Waals surface area contributed by atoms with Crippen LogP contribution in [0.25, 0.3) is 16.8 Å². The summed E-state index contributed by atoms with van der Waals surface area (Å²) in [5.41, 5.74) is 7.29. The van der Waals surface area contributed by atoms with Gasteiger partial charge in [0.1, 0.15) is 5.69 Å². The summed E-state index contributed by atoms with van der Waals surface area (Å²) in [5.74, 6) is -0.188. The molecule has 2 N–H and O–H groups in total. The van der Waals surface area contributed by atoms with Gasteiger partial charge in [-0.3, -0.25) is 19.9 Å². The van der Waals surface area contributed by atoms with E-state index in [9.17, 15) is 4.79 Å². The number of aromatic amines is 1. The van der Waals surface area contributed by atoms with Crippen molar-refractivity contribution in [2.45, 2.75) is 33.2 Å². The molecule has 3 heterocycles. The van der Waals surface area contributed by atoms with Crippen LogP contribution in [-0.4, -0.2) is 26.1 Å². The van der Waals surface area contributed by atoms with Crippen molar-refractivity contribution >= 4 is 11.5 Å². The molecule has 0 saturated heterocycles. The predicted molar refractivity (Wildman–Crippen MR) is 122 cm³/mol. The molecule has 156 valence electrons. The van der Waals surface area contributed by atoms with Crippen molar-refractivity contribution < 1.29 is 4.79 Å². The van der Waals surface area contributed by atoms with Gasteiger partial charge in [0.25, 0.3) is 5.91 Å². The summed E-state index contributed by atoms with van der Waals surface area (Å²) in [6.45, 7) is 4.38. The van der Waals surface area contributed by atoms with E-state index in [0.717, 1.165) is 52.2 Å². The second-order valence-electron chi connectivity index (χ2n) is 7.59. The number of hydrogen-bond acceptors (Lipinski definition) is 4. The summed E-state index contributed by atoms with van der Waals surface area (Å²) in [4.78, 5) is 21.4. The number of H-pyrrole nitrogens is 1.